The fraction of sp³-hybridized carbons (Fsp3) is 1.00. The molecule has 0 unspecified atom stereocenters. The minimum Gasteiger partial charge on any atom is -0.400 e. The van der Waals surface area contributed by atoms with Crippen molar-refractivity contribution in [3.63, 3.8) is 0 Å². The van der Waals surface area contributed by atoms with Crippen molar-refractivity contribution in [3.8, 4) is 0 Å². The van der Waals surface area contributed by atoms with Gasteiger partial charge in [-0.3, -0.25) is 0 Å². The van der Waals surface area contributed by atoms with Crippen LogP contribution >= 0.6 is 0 Å². The summed E-state index contributed by atoms with van der Waals surface area (Å²) in [5.74, 6) is 0. The van der Waals surface area contributed by atoms with Crippen molar-refractivity contribution in [1.82, 2.24) is 0 Å². The second-order valence-electron chi connectivity index (χ2n) is 2.77. The Hall–Kier alpha value is -0.240. The van der Waals surface area contributed by atoms with Crippen molar-refractivity contribution in [2.75, 3.05) is 33.5 Å². The van der Waals surface area contributed by atoms with Gasteiger partial charge in [-0.25, -0.2) is 0 Å². The van der Waals surface area contributed by atoms with Gasteiger partial charge in [0.2, 0.25) is 0 Å². The van der Waals surface area contributed by atoms with E-state index in [2.05, 4.69) is 0 Å². The first-order valence-electron chi connectivity index (χ1n) is 11.6. The molecule has 0 spiro atoms. The molecule has 0 heterocycles. The Kier molecular flexibility index (Phi) is 73.4. The van der Waals surface area contributed by atoms with Crippen LogP contribution in [0.15, 0.2) is 0 Å². The van der Waals surface area contributed by atoms with Crippen molar-refractivity contribution in [2.24, 2.45) is 0 Å². The van der Waals surface area contributed by atoms with Crippen LogP contribution in [0.1, 0.15) is 81.7 Å². The molecule has 0 aliphatic heterocycles. The summed E-state index contributed by atoms with van der Waals surface area (Å²) in [4.78, 5) is 0. The van der Waals surface area contributed by atoms with E-state index in [9.17, 15) is 0 Å². The SMILES string of the molecule is CC(C)O.CCCO.CCO.CO.[2H]C([2H])(C)O.[2H]C([2H])([2H])C([2H])([2H])C.[2H]C([2H])([2H])CO. The fourth-order valence-corrected chi connectivity index (χ4v) is 0. The summed E-state index contributed by atoms with van der Waals surface area (Å²) in [6.45, 7) is 2.38. The third-order valence-corrected chi connectivity index (χ3v) is 0.224. The number of hydrogen-bond acceptors (Lipinski definition) is 6. The normalized spacial score (nSPS) is 15.7. The van der Waals surface area contributed by atoms with Crippen LogP contribution in [-0.2, 0) is 0 Å². The highest BCUT2D eigenvalue weighted by Gasteiger charge is 1.69. The van der Waals surface area contributed by atoms with E-state index >= 15 is 0 Å². The molecule has 0 atom stereocenters. The molecule has 0 bridgehead atoms. The molecular weight excluding hydrogens is 288 g/mol. The van der Waals surface area contributed by atoms with Crippen LogP contribution < -0.4 is 0 Å². The third-order valence-electron chi connectivity index (χ3n) is 0.224. The molecule has 146 valence electrons. The van der Waals surface area contributed by atoms with E-state index in [1.54, 1.807) is 20.8 Å². The van der Waals surface area contributed by atoms with Crippen molar-refractivity contribution in [3.05, 3.63) is 0 Å². The summed E-state index contributed by atoms with van der Waals surface area (Å²) in [6.07, 6.45) is -1.35. The average molecular weight is 345 g/mol. The number of rotatable bonds is 1. The second kappa shape index (κ2) is 106. The zero-order valence-electron chi connectivity index (χ0n) is 25.1. The third kappa shape index (κ3) is 12000. The Bertz CT molecular complexity index is 292. The van der Waals surface area contributed by atoms with Crippen molar-refractivity contribution in [2.45, 2.75) is 74.1 Å². The van der Waals surface area contributed by atoms with Crippen LogP contribution in [0.2, 0.25) is 0 Å². The molecule has 0 aromatic carbocycles. The van der Waals surface area contributed by atoms with Crippen LogP contribution in [0.5, 0.6) is 0 Å². The standard InChI is InChI=1S/2C3H8O.C3H8.3C2H6O.CH4O/c1-3(2)4;1-2-3-4;1-3-2;3*1-2-3;1-2/h3-4H,1-2H3;4H,2-3H2,1H3;3H2,1-2H3;3*3H,2H2,1H3;2H,1H3/i;;1D3,3D2;2D2;1D3;;. The fourth-order valence-electron chi connectivity index (χ4n) is 0. The summed E-state index contributed by atoms with van der Waals surface area (Å²) in [7, 11) is 1.00. The van der Waals surface area contributed by atoms with Gasteiger partial charge in [0.05, 0.1) is 2.74 Å². The molecule has 0 rings (SSSR count). The second-order valence-corrected chi connectivity index (χ2v) is 2.77. The molecule has 6 nitrogen and oxygen atoms in total. The summed E-state index contributed by atoms with van der Waals surface area (Å²) < 4.78 is 64.1. The quantitative estimate of drug-likeness (QED) is 0.431. The van der Waals surface area contributed by atoms with E-state index in [-0.39, 0.29) is 12.7 Å². The molecule has 0 aliphatic carbocycles. The molecule has 0 aromatic heterocycles. The molecule has 0 saturated heterocycles. The minimum atomic E-state index is -2.48. The molecule has 0 aliphatic rings. The predicted molar refractivity (Wildman–Crippen MR) is 97.1 cm³/mol. The first kappa shape index (κ1) is 15.3. The number of hydrogen-bond donors (Lipinski definition) is 6. The van der Waals surface area contributed by atoms with Crippen molar-refractivity contribution in [1.29, 1.82) is 0 Å². The monoisotopic (exact) mass is 344 g/mol. The molecule has 0 fully saturated rings. The molecule has 0 saturated carbocycles. The zero-order chi connectivity index (χ0) is 28.4. The first-order valence-corrected chi connectivity index (χ1v) is 6.55. The maximum atomic E-state index is 8.06. The zero-order valence-corrected chi connectivity index (χ0v) is 15.1. The van der Waals surface area contributed by atoms with Gasteiger partial charge in [0.1, 0.15) is 0 Å². The van der Waals surface area contributed by atoms with Gasteiger partial charge < -0.3 is 30.6 Å². The van der Waals surface area contributed by atoms with Crippen molar-refractivity contribution < 1.29 is 44.3 Å². The summed E-state index contributed by atoms with van der Waals surface area (Å²) >= 11 is 0. The Morgan fingerprint density at radius 3 is 1.00 bits per heavy atom. The summed E-state index contributed by atoms with van der Waals surface area (Å²) in [5, 5.41) is 46.2. The maximum absolute atomic E-state index is 8.06. The van der Waals surface area contributed by atoms with Gasteiger partial charge in [-0.05, 0) is 41.0 Å². The van der Waals surface area contributed by atoms with Crippen LogP contribution in [0.3, 0.4) is 0 Å². The van der Waals surface area contributed by atoms with E-state index in [4.69, 9.17) is 44.3 Å². The van der Waals surface area contributed by atoms with Crippen LogP contribution in [0.25, 0.3) is 0 Å². The minimum absolute atomic E-state index is 0.167. The molecule has 0 radical (unpaired) electrons. The van der Waals surface area contributed by atoms with Gasteiger partial charge in [-0.2, -0.15) is 0 Å². The first-order chi connectivity index (χ1) is 13.9. The summed E-state index contributed by atoms with van der Waals surface area (Å²) in [5.41, 5.74) is 0. The van der Waals surface area contributed by atoms with Crippen LogP contribution in [0, 0.1) is 0 Å². The highest BCUT2D eigenvalue weighted by molar-refractivity contribution is 4.20. The average Bonchev–Trinajstić information content (AvgIpc) is 2.54. The molecule has 22 heavy (non-hydrogen) atoms. The molecule has 6 N–H and O–H groups in total. The largest absolute Gasteiger partial charge is 0.400 e. The molecule has 0 amide bonds. The van der Waals surface area contributed by atoms with Gasteiger partial charge in [0.15, 0.2) is 0 Å². The highest BCUT2D eigenvalue weighted by Crippen LogP contribution is 1.65. The van der Waals surface area contributed by atoms with Gasteiger partial charge >= 0.3 is 0 Å². The van der Waals surface area contributed by atoms with E-state index in [0.29, 0.717) is 6.61 Å². The molecule has 6 heteroatoms. The lowest BCUT2D eigenvalue weighted by atomic mass is 10.5. The molecule has 0 aromatic rings. The predicted octanol–water partition coefficient (Wildman–Crippen LogP) is 1.80. The van der Waals surface area contributed by atoms with Crippen LogP contribution in [0.4, 0.5) is 0 Å². The number of aliphatic hydroxyl groups excluding tert-OH is 5. The Morgan fingerprint density at radius 1 is 0.864 bits per heavy atom. The lowest BCUT2D eigenvalue weighted by Crippen LogP contribution is -1.85. The van der Waals surface area contributed by atoms with E-state index in [1.165, 1.54) is 0 Å². The Labute approximate surface area is 153 Å². The van der Waals surface area contributed by atoms with Gasteiger partial charge in [-0.15, -0.1) is 0 Å². The Morgan fingerprint density at radius 2 is 1.00 bits per heavy atom. The topological polar surface area (TPSA) is 121 Å². The van der Waals surface area contributed by atoms with Crippen LogP contribution in [-0.4, -0.2) is 70.2 Å². The maximum Gasteiger partial charge on any atom is 0.0561 e. The van der Waals surface area contributed by atoms with Crippen molar-refractivity contribution >= 4 is 0 Å². The van der Waals surface area contributed by atoms with E-state index < -0.39 is 33.2 Å². The Balaban J connectivity index is -0.0000000474. The summed E-state index contributed by atoms with van der Waals surface area (Å²) in [6, 6.07) is 0. The molecular formula is C16H46O6. The van der Waals surface area contributed by atoms with E-state index in [0.717, 1.165) is 27.4 Å². The smallest absolute Gasteiger partial charge is 0.0561 e. The van der Waals surface area contributed by atoms with Gasteiger partial charge in [-0.1, -0.05) is 27.1 Å². The lowest BCUT2D eigenvalue weighted by Gasteiger charge is -1.80. The van der Waals surface area contributed by atoms with Gasteiger partial charge in [0, 0.05) is 50.6 Å². The van der Waals surface area contributed by atoms with Gasteiger partial charge in [0.25, 0.3) is 0 Å². The van der Waals surface area contributed by atoms with E-state index in [1.807, 2.05) is 6.92 Å². The number of aliphatic hydroxyl groups is 6. The lowest BCUT2D eigenvalue weighted by molar-refractivity contribution is 0.216. The highest BCUT2D eigenvalue weighted by atomic mass is 16.3.